The van der Waals surface area contributed by atoms with Gasteiger partial charge in [0.2, 0.25) is 0 Å². The molecule has 98 valence electrons. The number of aryl methyl sites for hydroxylation is 1. The summed E-state index contributed by atoms with van der Waals surface area (Å²) in [4.78, 5) is 4.34. The van der Waals surface area contributed by atoms with Gasteiger partial charge in [0, 0.05) is 11.9 Å². The normalized spacial score (nSPS) is 10.3. The number of hydrogen-bond acceptors (Lipinski definition) is 3. The van der Waals surface area contributed by atoms with E-state index in [1.807, 2.05) is 13.0 Å². The van der Waals surface area contributed by atoms with Gasteiger partial charge in [-0.05, 0) is 52.7 Å². The Morgan fingerprint density at radius 3 is 2.84 bits per heavy atom. The van der Waals surface area contributed by atoms with Crippen LogP contribution in [-0.4, -0.2) is 9.97 Å². The van der Waals surface area contributed by atoms with Crippen LogP contribution >= 0.6 is 28.1 Å². The van der Waals surface area contributed by atoms with Crippen molar-refractivity contribution in [1.82, 2.24) is 4.98 Å². The van der Waals surface area contributed by atoms with Gasteiger partial charge in [-0.2, -0.15) is 0 Å². The van der Waals surface area contributed by atoms with Crippen LogP contribution in [0.2, 0.25) is 0 Å². The van der Waals surface area contributed by atoms with Crippen LogP contribution in [0, 0.1) is 12.7 Å². The van der Waals surface area contributed by atoms with Crippen molar-refractivity contribution in [3.05, 3.63) is 52.0 Å². The first-order chi connectivity index (χ1) is 8.99. The van der Waals surface area contributed by atoms with Crippen molar-refractivity contribution < 1.29 is 4.39 Å². The van der Waals surface area contributed by atoms with Crippen LogP contribution in [0.25, 0.3) is 0 Å². The molecule has 2 aromatic rings. The van der Waals surface area contributed by atoms with Crippen molar-refractivity contribution in [3.8, 4) is 0 Å². The second-order valence-electron chi connectivity index (χ2n) is 3.97. The molecule has 0 atom stereocenters. The number of benzene rings is 1. The summed E-state index contributed by atoms with van der Waals surface area (Å²) in [6, 6.07) is 6.71. The summed E-state index contributed by atoms with van der Waals surface area (Å²) in [5.41, 5.74) is 8.36. The van der Waals surface area contributed by atoms with E-state index in [-0.39, 0.29) is 10.8 Å². The molecule has 0 aliphatic rings. The topological polar surface area (TPSA) is 50.9 Å². The Balaban J connectivity index is 2.42. The van der Waals surface area contributed by atoms with Crippen molar-refractivity contribution in [2.24, 2.45) is 5.73 Å². The van der Waals surface area contributed by atoms with Gasteiger partial charge in [-0.25, -0.2) is 4.39 Å². The Morgan fingerprint density at radius 1 is 1.42 bits per heavy atom. The van der Waals surface area contributed by atoms with Crippen molar-refractivity contribution in [3.63, 3.8) is 0 Å². The lowest BCUT2D eigenvalue weighted by molar-refractivity contribution is 0.620. The molecule has 6 heteroatoms. The van der Waals surface area contributed by atoms with E-state index in [0.29, 0.717) is 15.9 Å². The molecular weight excluding hydrogens is 329 g/mol. The van der Waals surface area contributed by atoms with Gasteiger partial charge in [-0.15, -0.1) is 0 Å². The summed E-state index contributed by atoms with van der Waals surface area (Å²) >= 11 is 8.11. The summed E-state index contributed by atoms with van der Waals surface area (Å²) in [7, 11) is 0. The molecular formula is C13H11BrFN3S. The summed E-state index contributed by atoms with van der Waals surface area (Å²) in [6.45, 7) is 1.81. The molecule has 0 bridgehead atoms. The van der Waals surface area contributed by atoms with E-state index in [2.05, 4.69) is 26.2 Å². The molecule has 0 aliphatic heterocycles. The van der Waals surface area contributed by atoms with E-state index in [1.165, 1.54) is 6.07 Å². The average Bonchev–Trinajstić information content (AvgIpc) is 2.36. The molecule has 2 rings (SSSR count). The maximum Gasteiger partial charge on any atom is 0.137 e. The third-order valence-corrected chi connectivity index (χ3v) is 3.38. The van der Waals surface area contributed by atoms with E-state index < -0.39 is 0 Å². The highest BCUT2D eigenvalue weighted by molar-refractivity contribution is 9.10. The highest BCUT2D eigenvalue weighted by atomic mass is 79.9. The highest BCUT2D eigenvalue weighted by Crippen LogP contribution is 2.27. The summed E-state index contributed by atoms with van der Waals surface area (Å²) in [6.07, 6.45) is 1.62. The fraction of sp³-hybridized carbons (Fsp3) is 0.0769. The standard InChI is InChI=1S/C13H11BrFN3S/c1-7-5-9(15)8(14)6-11(7)18-10-3-2-4-17-12(10)13(16)19/h2-6,18H,1H3,(H2,16,19). The SMILES string of the molecule is Cc1cc(F)c(Br)cc1Nc1cccnc1C(N)=S. The third kappa shape index (κ3) is 3.08. The molecule has 1 aromatic carbocycles. The van der Waals surface area contributed by atoms with Crippen LogP contribution in [0.15, 0.2) is 34.9 Å². The van der Waals surface area contributed by atoms with Crippen LogP contribution in [0.5, 0.6) is 0 Å². The van der Waals surface area contributed by atoms with Gasteiger partial charge in [0.1, 0.15) is 16.5 Å². The summed E-state index contributed by atoms with van der Waals surface area (Å²) in [5, 5.41) is 3.16. The molecule has 0 spiro atoms. The first-order valence-corrected chi connectivity index (χ1v) is 6.66. The second kappa shape index (κ2) is 5.63. The molecule has 1 heterocycles. The van der Waals surface area contributed by atoms with Gasteiger partial charge in [0.05, 0.1) is 10.2 Å². The molecule has 0 saturated heterocycles. The summed E-state index contributed by atoms with van der Waals surface area (Å²) < 4.78 is 13.8. The van der Waals surface area contributed by atoms with Gasteiger partial charge in [-0.1, -0.05) is 12.2 Å². The zero-order valence-corrected chi connectivity index (χ0v) is 12.5. The lowest BCUT2D eigenvalue weighted by Crippen LogP contribution is -2.14. The van der Waals surface area contributed by atoms with Crippen LogP contribution in [0.1, 0.15) is 11.3 Å². The Hall–Kier alpha value is -1.53. The third-order valence-electron chi connectivity index (χ3n) is 2.58. The first-order valence-electron chi connectivity index (χ1n) is 5.46. The maximum absolute atomic E-state index is 13.4. The van der Waals surface area contributed by atoms with Crippen molar-refractivity contribution in [2.45, 2.75) is 6.92 Å². The zero-order valence-electron chi connectivity index (χ0n) is 10.1. The number of thiocarbonyl (C=S) groups is 1. The number of rotatable bonds is 3. The molecule has 3 nitrogen and oxygen atoms in total. The molecule has 3 N–H and O–H groups in total. The molecule has 0 saturated carbocycles. The van der Waals surface area contributed by atoms with Gasteiger partial charge in [0.25, 0.3) is 0 Å². The Kier molecular flexibility index (Phi) is 4.11. The Labute approximate surface area is 124 Å². The lowest BCUT2D eigenvalue weighted by Gasteiger charge is -2.13. The predicted molar refractivity (Wildman–Crippen MR) is 82.2 cm³/mol. The van der Waals surface area contributed by atoms with Gasteiger partial charge < -0.3 is 11.1 Å². The van der Waals surface area contributed by atoms with Gasteiger partial charge in [0.15, 0.2) is 0 Å². The number of nitrogens with one attached hydrogen (secondary N) is 1. The summed E-state index contributed by atoms with van der Waals surface area (Å²) in [5.74, 6) is -0.302. The van der Waals surface area contributed by atoms with Crippen LogP contribution in [-0.2, 0) is 0 Å². The number of anilines is 2. The number of nitrogens with zero attached hydrogens (tertiary/aromatic N) is 1. The number of halogens is 2. The van der Waals surface area contributed by atoms with Crippen LogP contribution in [0.4, 0.5) is 15.8 Å². The number of nitrogens with two attached hydrogens (primary N) is 1. The van der Waals surface area contributed by atoms with E-state index in [4.69, 9.17) is 18.0 Å². The van der Waals surface area contributed by atoms with Crippen LogP contribution < -0.4 is 11.1 Å². The fourth-order valence-corrected chi connectivity index (χ4v) is 2.13. The molecule has 1 aromatic heterocycles. The van der Waals surface area contributed by atoms with Crippen molar-refractivity contribution in [2.75, 3.05) is 5.32 Å². The minimum atomic E-state index is -0.302. The smallest absolute Gasteiger partial charge is 0.137 e. The lowest BCUT2D eigenvalue weighted by atomic mass is 10.2. The Morgan fingerprint density at radius 2 is 2.16 bits per heavy atom. The quantitative estimate of drug-likeness (QED) is 0.837. The largest absolute Gasteiger partial charge is 0.388 e. The molecule has 0 radical (unpaired) electrons. The van der Waals surface area contributed by atoms with Gasteiger partial charge >= 0.3 is 0 Å². The highest BCUT2D eigenvalue weighted by Gasteiger charge is 2.09. The molecule has 0 amide bonds. The molecule has 19 heavy (non-hydrogen) atoms. The predicted octanol–water partition coefficient (Wildman–Crippen LogP) is 3.67. The molecule has 0 fully saturated rings. The second-order valence-corrected chi connectivity index (χ2v) is 5.26. The van der Waals surface area contributed by atoms with E-state index in [1.54, 1.807) is 18.3 Å². The Bertz CT molecular complexity index is 646. The number of aromatic nitrogens is 1. The van der Waals surface area contributed by atoms with Crippen molar-refractivity contribution >= 4 is 44.5 Å². The first kappa shape index (κ1) is 13.9. The fourth-order valence-electron chi connectivity index (χ4n) is 1.63. The average molecular weight is 340 g/mol. The maximum atomic E-state index is 13.4. The zero-order chi connectivity index (χ0) is 14.0. The molecule has 0 aliphatic carbocycles. The minimum absolute atomic E-state index is 0.210. The van der Waals surface area contributed by atoms with E-state index >= 15 is 0 Å². The van der Waals surface area contributed by atoms with E-state index in [9.17, 15) is 4.39 Å². The number of pyridine rings is 1. The van der Waals surface area contributed by atoms with Crippen molar-refractivity contribution in [1.29, 1.82) is 0 Å². The molecule has 0 unspecified atom stereocenters. The number of hydrogen-bond donors (Lipinski definition) is 2. The van der Waals surface area contributed by atoms with E-state index in [0.717, 1.165) is 11.3 Å². The minimum Gasteiger partial charge on any atom is -0.388 e. The van der Waals surface area contributed by atoms with Gasteiger partial charge in [-0.3, -0.25) is 4.98 Å². The van der Waals surface area contributed by atoms with Crippen LogP contribution in [0.3, 0.4) is 0 Å². The monoisotopic (exact) mass is 339 g/mol.